The summed E-state index contributed by atoms with van der Waals surface area (Å²) in [5, 5.41) is 3.36. The van der Waals surface area contributed by atoms with E-state index >= 15 is 0 Å². The Kier molecular flexibility index (Phi) is 6.46. The summed E-state index contributed by atoms with van der Waals surface area (Å²) >= 11 is 0. The van der Waals surface area contributed by atoms with E-state index in [-0.39, 0.29) is 0 Å². The Bertz CT molecular complexity index is 206. The highest BCUT2D eigenvalue weighted by atomic mass is 16.2. The van der Waals surface area contributed by atoms with E-state index in [1.807, 2.05) is 4.90 Å². The van der Waals surface area contributed by atoms with Crippen molar-refractivity contribution in [2.45, 2.75) is 58.4 Å². The van der Waals surface area contributed by atoms with Gasteiger partial charge in [0.1, 0.15) is 0 Å². The minimum atomic E-state index is 0.352. The van der Waals surface area contributed by atoms with Gasteiger partial charge in [-0.25, -0.2) is 0 Å². The van der Waals surface area contributed by atoms with Crippen molar-refractivity contribution in [2.24, 2.45) is 0 Å². The second-order valence-electron chi connectivity index (χ2n) is 4.86. The lowest BCUT2D eigenvalue weighted by atomic mass is 10.1. The predicted molar refractivity (Wildman–Crippen MR) is 67.4 cm³/mol. The number of carbonyl (C=O) groups excluding carboxylic acids is 1. The SMILES string of the molecule is CCCCCCCC(=O)N1CCNC(C)C1. The molecule has 3 nitrogen and oxygen atoms in total. The molecule has 0 spiro atoms. The molecule has 94 valence electrons. The normalized spacial score (nSPS) is 21.1. The van der Waals surface area contributed by atoms with Gasteiger partial charge in [-0.3, -0.25) is 4.79 Å². The molecule has 1 aliphatic rings. The topological polar surface area (TPSA) is 32.3 Å². The largest absolute Gasteiger partial charge is 0.340 e. The van der Waals surface area contributed by atoms with E-state index in [1.165, 1.54) is 25.7 Å². The summed E-state index contributed by atoms with van der Waals surface area (Å²) in [6.07, 6.45) is 6.87. The fourth-order valence-corrected chi connectivity index (χ4v) is 2.20. The fraction of sp³-hybridized carbons (Fsp3) is 0.923. The summed E-state index contributed by atoms with van der Waals surface area (Å²) in [5.41, 5.74) is 0. The fourth-order valence-electron chi connectivity index (χ4n) is 2.20. The maximum atomic E-state index is 11.9. The highest BCUT2D eigenvalue weighted by Crippen LogP contribution is 2.08. The minimum absolute atomic E-state index is 0.352. The molecule has 0 aromatic rings. The number of nitrogens with zero attached hydrogens (tertiary/aromatic N) is 1. The Morgan fingerprint density at radius 1 is 1.31 bits per heavy atom. The van der Waals surface area contributed by atoms with Gasteiger partial charge in [0, 0.05) is 32.1 Å². The number of carbonyl (C=O) groups is 1. The Morgan fingerprint density at radius 3 is 2.75 bits per heavy atom. The first-order valence-corrected chi connectivity index (χ1v) is 6.75. The monoisotopic (exact) mass is 226 g/mol. The molecule has 16 heavy (non-hydrogen) atoms. The van der Waals surface area contributed by atoms with Crippen LogP contribution in [0.3, 0.4) is 0 Å². The molecule has 1 atom stereocenters. The third-order valence-corrected chi connectivity index (χ3v) is 3.22. The lowest BCUT2D eigenvalue weighted by Crippen LogP contribution is -2.51. The van der Waals surface area contributed by atoms with Crippen LogP contribution in [0.5, 0.6) is 0 Å². The van der Waals surface area contributed by atoms with Gasteiger partial charge in [-0.1, -0.05) is 32.6 Å². The predicted octanol–water partition coefficient (Wildman–Crippen LogP) is 2.17. The molecule has 1 rings (SSSR count). The van der Waals surface area contributed by atoms with Crippen molar-refractivity contribution in [2.75, 3.05) is 19.6 Å². The Morgan fingerprint density at radius 2 is 2.06 bits per heavy atom. The molecular weight excluding hydrogens is 200 g/mol. The van der Waals surface area contributed by atoms with E-state index in [0.717, 1.165) is 32.5 Å². The number of piperazine rings is 1. The highest BCUT2D eigenvalue weighted by molar-refractivity contribution is 5.76. The summed E-state index contributed by atoms with van der Waals surface area (Å²) in [4.78, 5) is 13.9. The number of amides is 1. The maximum Gasteiger partial charge on any atom is 0.222 e. The summed E-state index contributed by atoms with van der Waals surface area (Å²) < 4.78 is 0. The smallest absolute Gasteiger partial charge is 0.222 e. The van der Waals surface area contributed by atoms with Gasteiger partial charge < -0.3 is 10.2 Å². The molecule has 1 saturated heterocycles. The molecule has 1 heterocycles. The van der Waals surface area contributed by atoms with E-state index in [4.69, 9.17) is 0 Å². The van der Waals surface area contributed by atoms with Gasteiger partial charge >= 0.3 is 0 Å². The minimum Gasteiger partial charge on any atom is -0.340 e. The Hall–Kier alpha value is -0.570. The van der Waals surface area contributed by atoms with Crippen molar-refractivity contribution in [3.05, 3.63) is 0 Å². The van der Waals surface area contributed by atoms with Crippen LogP contribution in [0, 0.1) is 0 Å². The van der Waals surface area contributed by atoms with E-state index in [2.05, 4.69) is 19.2 Å². The van der Waals surface area contributed by atoms with E-state index in [1.54, 1.807) is 0 Å². The Labute approximate surface area is 99.6 Å². The van der Waals surface area contributed by atoms with E-state index < -0.39 is 0 Å². The molecule has 0 saturated carbocycles. The quantitative estimate of drug-likeness (QED) is 0.704. The summed E-state index contributed by atoms with van der Waals surface area (Å²) in [6, 6.07) is 0.456. The van der Waals surface area contributed by atoms with Crippen LogP contribution in [0.4, 0.5) is 0 Å². The number of hydrogen-bond acceptors (Lipinski definition) is 2. The zero-order valence-corrected chi connectivity index (χ0v) is 10.8. The van der Waals surface area contributed by atoms with Crippen LogP contribution >= 0.6 is 0 Å². The molecule has 1 unspecified atom stereocenters. The van der Waals surface area contributed by atoms with Crippen molar-refractivity contribution < 1.29 is 4.79 Å². The molecule has 1 N–H and O–H groups in total. The first-order chi connectivity index (χ1) is 7.74. The van der Waals surface area contributed by atoms with Gasteiger partial charge in [-0.2, -0.15) is 0 Å². The summed E-state index contributed by atoms with van der Waals surface area (Å²) in [5.74, 6) is 0.352. The van der Waals surface area contributed by atoms with Crippen LogP contribution in [-0.4, -0.2) is 36.5 Å². The third kappa shape index (κ3) is 4.97. The second kappa shape index (κ2) is 7.66. The molecule has 0 aromatic heterocycles. The standard InChI is InChI=1S/C13H26N2O/c1-3-4-5-6-7-8-13(16)15-10-9-14-12(2)11-15/h12,14H,3-11H2,1-2H3. The number of nitrogens with one attached hydrogen (secondary N) is 1. The first kappa shape index (κ1) is 13.5. The van der Waals surface area contributed by atoms with Crippen LogP contribution in [0.2, 0.25) is 0 Å². The van der Waals surface area contributed by atoms with Gasteiger partial charge in [0.15, 0.2) is 0 Å². The van der Waals surface area contributed by atoms with Crippen LogP contribution in [0.15, 0.2) is 0 Å². The molecule has 3 heteroatoms. The lowest BCUT2D eigenvalue weighted by Gasteiger charge is -2.32. The van der Waals surface area contributed by atoms with Crippen molar-refractivity contribution in [3.63, 3.8) is 0 Å². The zero-order chi connectivity index (χ0) is 11.8. The van der Waals surface area contributed by atoms with E-state index in [0.29, 0.717) is 11.9 Å². The molecule has 0 aliphatic carbocycles. The third-order valence-electron chi connectivity index (χ3n) is 3.22. The highest BCUT2D eigenvalue weighted by Gasteiger charge is 2.19. The molecule has 1 aliphatic heterocycles. The Balaban J connectivity index is 2.09. The second-order valence-corrected chi connectivity index (χ2v) is 4.86. The van der Waals surface area contributed by atoms with Gasteiger partial charge in [0.2, 0.25) is 5.91 Å². The molecule has 1 amide bonds. The van der Waals surface area contributed by atoms with Crippen molar-refractivity contribution in [1.82, 2.24) is 10.2 Å². The summed E-state index contributed by atoms with van der Waals surface area (Å²) in [7, 11) is 0. The van der Waals surface area contributed by atoms with Crippen LogP contribution in [-0.2, 0) is 4.79 Å². The van der Waals surface area contributed by atoms with Crippen LogP contribution < -0.4 is 5.32 Å². The van der Waals surface area contributed by atoms with Gasteiger partial charge in [-0.15, -0.1) is 0 Å². The van der Waals surface area contributed by atoms with Gasteiger partial charge in [-0.05, 0) is 13.3 Å². The van der Waals surface area contributed by atoms with Crippen LogP contribution in [0.25, 0.3) is 0 Å². The van der Waals surface area contributed by atoms with E-state index in [9.17, 15) is 4.79 Å². The van der Waals surface area contributed by atoms with Crippen LogP contribution in [0.1, 0.15) is 52.4 Å². The number of rotatable bonds is 6. The van der Waals surface area contributed by atoms with Crippen molar-refractivity contribution in [1.29, 1.82) is 0 Å². The maximum absolute atomic E-state index is 11.9. The molecule has 0 bridgehead atoms. The average molecular weight is 226 g/mol. The lowest BCUT2D eigenvalue weighted by molar-refractivity contribution is -0.132. The zero-order valence-electron chi connectivity index (χ0n) is 10.8. The molecule has 0 aromatic carbocycles. The number of unbranched alkanes of at least 4 members (excludes halogenated alkanes) is 4. The average Bonchev–Trinajstić information content (AvgIpc) is 2.28. The molecule has 1 fully saturated rings. The first-order valence-electron chi connectivity index (χ1n) is 6.75. The van der Waals surface area contributed by atoms with Crippen molar-refractivity contribution in [3.8, 4) is 0 Å². The molecular formula is C13H26N2O. The van der Waals surface area contributed by atoms with Gasteiger partial charge in [0.25, 0.3) is 0 Å². The van der Waals surface area contributed by atoms with Gasteiger partial charge in [0.05, 0.1) is 0 Å². The molecule has 0 radical (unpaired) electrons. The summed E-state index contributed by atoms with van der Waals surface area (Å²) in [6.45, 7) is 7.07. The number of hydrogen-bond donors (Lipinski definition) is 1. The van der Waals surface area contributed by atoms with Crippen molar-refractivity contribution >= 4 is 5.91 Å².